The van der Waals surface area contributed by atoms with E-state index in [4.69, 9.17) is 5.11 Å². The molecule has 0 heterocycles. The zero-order valence-corrected chi connectivity index (χ0v) is 10.3. The maximum Gasteiger partial charge on any atom is 0.311 e. The van der Waals surface area contributed by atoms with E-state index in [1.165, 1.54) is 0 Å². The molecule has 80 valence electrons. The Kier molecular flexibility index (Phi) is 2.38. The fourth-order valence-corrected chi connectivity index (χ4v) is 2.77. The van der Waals surface area contributed by atoms with Crippen molar-refractivity contribution < 1.29 is 9.90 Å². The first-order valence-corrected chi connectivity index (χ1v) is 5.74. The number of carboxylic acid groups (broad SMARTS) is 1. The molecule has 3 heteroatoms. The number of benzene rings is 1. The Morgan fingerprint density at radius 2 is 2.20 bits per heavy atom. The summed E-state index contributed by atoms with van der Waals surface area (Å²) in [7, 11) is 0. The van der Waals surface area contributed by atoms with E-state index in [1.54, 1.807) is 0 Å². The molecule has 0 aliphatic heterocycles. The summed E-state index contributed by atoms with van der Waals surface area (Å²) in [6.07, 6.45) is 0.689. The molecule has 1 aliphatic rings. The SMILES string of the molecule is CC1(C)CC(C(=O)O)c2cc(Br)ccc21. The second-order valence-electron chi connectivity index (χ2n) is 4.71. The van der Waals surface area contributed by atoms with E-state index in [9.17, 15) is 4.79 Å². The molecular formula is C12H13BrO2. The van der Waals surface area contributed by atoms with Crippen LogP contribution in [-0.2, 0) is 10.2 Å². The quantitative estimate of drug-likeness (QED) is 0.849. The molecular weight excluding hydrogens is 256 g/mol. The summed E-state index contributed by atoms with van der Waals surface area (Å²) in [6, 6.07) is 5.94. The van der Waals surface area contributed by atoms with Crippen molar-refractivity contribution in [2.75, 3.05) is 0 Å². The van der Waals surface area contributed by atoms with Crippen LogP contribution in [0, 0.1) is 0 Å². The summed E-state index contributed by atoms with van der Waals surface area (Å²) in [6.45, 7) is 4.20. The third-order valence-electron chi connectivity index (χ3n) is 3.13. The zero-order chi connectivity index (χ0) is 11.2. The van der Waals surface area contributed by atoms with Crippen molar-refractivity contribution in [2.45, 2.75) is 31.6 Å². The van der Waals surface area contributed by atoms with Gasteiger partial charge >= 0.3 is 5.97 Å². The van der Waals surface area contributed by atoms with Gasteiger partial charge in [0.1, 0.15) is 0 Å². The topological polar surface area (TPSA) is 37.3 Å². The third-order valence-corrected chi connectivity index (χ3v) is 3.62. The van der Waals surface area contributed by atoms with Crippen LogP contribution in [-0.4, -0.2) is 11.1 Å². The zero-order valence-electron chi connectivity index (χ0n) is 8.75. The van der Waals surface area contributed by atoms with Crippen molar-refractivity contribution in [1.29, 1.82) is 0 Å². The van der Waals surface area contributed by atoms with Crippen LogP contribution in [0.15, 0.2) is 22.7 Å². The molecule has 1 aromatic rings. The molecule has 2 rings (SSSR count). The Morgan fingerprint density at radius 1 is 1.53 bits per heavy atom. The van der Waals surface area contributed by atoms with Crippen LogP contribution in [0.5, 0.6) is 0 Å². The molecule has 0 radical (unpaired) electrons. The summed E-state index contributed by atoms with van der Waals surface area (Å²) in [4.78, 5) is 11.1. The molecule has 0 spiro atoms. The summed E-state index contributed by atoms with van der Waals surface area (Å²) in [5.74, 6) is -1.08. The first-order valence-electron chi connectivity index (χ1n) is 4.94. The first-order chi connectivity index (χ1) is 6.92. The molecule has 1 N–H and O–H groups in total. The van der Waals surface area contributed by atoms with Crippen LogP contribution in [0.1, 0.15) is 37.3 Å². The van der Waals surface area contributed by atoms with Gasteiger partial charge in [0, 0.05) is 4.47 Å². The number of hydrogen-bond acceptors (Lipinski definition) is 1. The fourth-order valence-electron chi connectivity index (χ4n) is 2.39. The van der Waals surface area contributed by atoms with Gasteiger partial charge in [-0.25, -0.2) is 0 Å². The average molecular weight is 269 g/mol. The van der Waals surface area contributed by atoms with Crippen LogP contribution < -0.4 is 0 Å². The van der Waals surface area contributed by atoms with Crippen molar-refractivity contribution >= 4 is 21.9 Å². The Bertz CT molecular complexity index is 424. The Hall–Kier alpha value is -0.830. The van der Waals surface area contributed by atoms with Gasteiger partial charge in [0.2, 0.25) is 0 Å². The van der Waals surface area contributed by atoms with Gasteiger partial charge in [0.05, 0.1) is 5.92 Å². The van der Waals surface area contributed by atoms with Gasteiger partial charge in [-0.15, -0.1) is 0 Å². The molecule has 15 heavy (non-hydrogen) atoms. The molecule has 0 aromatic heterocycles. The van der Waals surface area contributed by atoms with Gasteiger partial charge < -0.3 is 5.11 Å². The minimum absolute atomic E-state index is 0.0287. The molecule has 0 fully saturated rings. The molecule has 1 aromatic carbocycles. The van der Waals surface area contributed by atoms with Crippen LogP contribution >= 0.6 is 15.9 Å². The molecule has 1 atom stereocenters. The summed E-state index contributed by atoms with van der Waals surface area (Å²) >= 11 is 3.39. The van der Waals surface area contributed by atoms with Crippen LogP contribution in [0.4, 0.5) is 0 Å². The minimum Gasteiger partial charge on any atom is -0.481 e. The summed E-state index contributed by atoms with van der Waals surface area (Å²) in [5, 5.41) is 9.17. The number of rotatable bonds is 1. The number of aliphatic carboxylic acids is 1. The Balaban J connectivity index is 2.58. The monoisotopic (exact) mass is 268 g/mol. The maximum atomic E-state index is 11.1. The molecule has 1 aliphatic carbocycles. The smallest absolute Gasteiger partial charge is 0.311 e. The summed E-state index contributed by atoms with van der Waals surface area (Å²) in [5.41, 5.74) is 2.10. The number of halogens is 1. The molecule has 0 saturated heterocycles. The van der Waals surface area contributed by atoms with Crippen LogP contribution in [0.25, 0.3) is 0 Å². The lowest BCUT2D eigenvalue weighted by molar-refractivity contribution is -0.139. The molecule has 0 bridgehead atoms. The minimum atomic E-state index is -0.722. The highest BCUT2D eigenvalue weighted by atomic mass is 79.9. The number of carboxylic acids is 1. The number of fused-ring (bicyclic) bond motifs is 1. The van der Waals surface area contributed by atoms with E-state index < -0.39 is 5.97 Å². The lowest BCUT2D eigenvalue weighted by Crippen LogP contribution is -2.14. The van der Waals surface area contributed by atoms with Crippen molar-refractivity contribution in [3.8, 4) is 0 Å². The predicted molar refractivity (Wildman–Crippen MR) is 62.2 cm³/mol. The first kappa shape index (κ1) is 10.7. The largest absolute Gasteiger partial charge is 0.481 e. The standard InChI is InChI=1S/C12H13BrO2/c1-12(2)6-9(11(14)15)8-5-7(13)3-4-10(8)12/h3-5,9H,6H2,1-2H3,(H,14,15). The maximum absolute atomic E-state index is 11.1. The van der Waals surface area contributed by atoms with Crippen molar-refractivity contribution in [2.24, 2.45) is 0 Å². The van der Waals surface area contributed by atoms with Crippen molar-refractivity contribution in [3.05, 3.63) is 33.8 Å². The highest BCUT2D eigenvalue weighted by Gasteiger charge is 2.40. The highest BCUT2D eigenvalue weighted by Crippen LogP contribution is 2.46. The van der Waals surface area contributed by atoms with Crippen molar-refractivity contribution in [1.82, 2.24) is 0 Å². The van der Waals surface area contributed by atoms with Gasteiger partial charge in [-0.1, -0.05) is 35.8 Å². The van der Waals surface area contributed by atoms with Gasteiger partial charge in [-0.3, -0.25) is 4.79 Å². The van der Waals surface area contributed by atoms with E-state index in [2.05, 4.69) is 29.8 Å². The molecule has 2 nitrogen and oxygen atoms in total. The average Bonchev–Trinajstić information content (AvgIpc) is 2.38. The molecule has 1 unspecified atom stereocenters. The second kappa shape index (κ2) is 3.34. The number of carbonyl (C=O) groups is 1. The normalized spacial score (nSPS) is 22.5. The van der Waals surface area contributed by atoms with E-state index in [-0.39, 0.29) is 11.3 Å². The Morgan fingerprint density at radius 3 is 2.80 bits per heavy atom. The van der Waals surface area contributed by atoms with Crippen LogP contribution in [0.2, 0.25) is 0 Å². The van der Waals surface area contributed by atoms with Gasteiger partial charge in [0.15, 0.2) is 0 Å². The van der Waals surface area contributed by atoms with E-state index >= 15 is 0 Å². The van der Waals surface area contributed by atoms with Gasteiger partial charge in [-0.05, 0) is 35.1 Å². The van der Waals surface area contributed by atoms with E-state index in [0.29, 0.717) is 6.42 Å². The second-order valence-corrected chi connectivity index (χ2v) is 5.63. The highest BCUT2D eigenvalue weighted by molar-refractivity contribution is 9.10. The predicted octanol–water partition coefficient (Wildman–Crippen LogP) is 3.30. The van der Waals surface area contributed by atoms with Crippen molar-refractivity contribution in [3.63, 3.8) is 0 Å². The van der Waals surface area contributed by atoms with E-state index in [1.807, 2.05) is 18.2 Å². The summed E-state index contributed by atoms with van der Waals surface area (Å²) < 4.78 is 0.949. The van der Waals surface area contributed by atoms with Gasteiger partial charge in [-0.2, -0.15) is 0 Å². The van der Waals surface area contributed by atoms with Gasteiger partial charge in [0.25, 0.3) is 0 Å². The Labute approximate surface area is 97.4 Å². The molecule has 0 saturated carbocycles. The number of hydrogen-bond donors (Lipinski definition) is 1. The fraction of sp³-hybridized carbons (Fsp3) is 0.417. The lowest BCUT2D eigenvalue weighted by atomic mass is 9.86. The third kappa shape index (κ3) is 1.69. The van der Waals surface area contributed by atoms with Crippen LogP contribution in [0.3, 0.4) is 0 Å². The molecule has 0 amide bonds. The van der Waals surface area contributed by atoms with E-state index in [0.717, 1.165) is 15.6 Å². The lowest BCUT2D eigenvalue weighted by Gasteiger charge is -2.18.